The van der Waals surface area contributed by atoms with Gasteiger partial charge < -0.3 is 9.47 Å². The third-order valence-electron chi connectivity index (χ3n) is 6.60. The molecule has 3 heterocycles. The van der Waals surface area contributed by atoms with Crippen molar-refractivity contribution in [1.29, 1.82) is 0 Å². The van der Waals surface area contributed by atoms with E-state index in [1.54, 1.807) is 6.92 Å². The first kappa shape index (κ1) is 27.2. The molecule has 0 amide bonds. The van der Waals surface area contributed by atoms with Gasteiger partial charge in [-0.15, -0.1) is 10.2 Å². The number of ether oxygens (including phenoxy) is 2. The van der Waals surface area contributed by atoms with Gasteiger partial charge in [0.1, 0.15) is 29.7 Å². The van der Waals surface area contributed by atoms with Crippen LogP contribution in [0.1, 0.15) is 55.0 Å². The molecule has 0 unspecified atom stereocenters. The van der Waals surface area contributed by atoms with Crippen LogP contribution in [0.25, 0.3) is 5.69 Å². The van der Waals surface area contributed by atoms with Crippen LogP contribution in [0.5, 0.6) is 5.88 Å². The molecular weight excluding hydrogens is 532 g/mol. The van der Waals surface area contributed by atoms with Gasteiger partial charge in [-0.3, -0.25) is 4.57 Å². The van der Waals surface area contributed by atoms with Crippen LogP contribution in [0.2, 0.25) is 5.02 Å². The second-order valence-corrected chi connectivity index (χ2v) is 11.5. The summed E-state index contributed by atoms with van der Waals surface area (Å²) in [6.45, 7) is 3.15. The molecule has 11 nitrogen and oxygen atoms in total. The zero-order chi connectivity index (χ0) is 26.9. The molecule has 1 fully saturated rings. The Morgan fingerprint density at radius 3 is 2.41 bits per heavy atom. The maximum atomic E-state index is 13.6. The molecule has 0 radical (unpaired) electrons. The van der Waals surface area contributed by atoms with E-state index in [2.05, 4.69) is 30.1 Å². The summed E-state index contributed by atoms with van der Waals surface area (Å²) in [4.78, 5) is 16.5. The predicted octanol–water partition coefficient (Wildman–Crippen LogP) is 3.27. The van der Waals surface area contributed by atoms with Crippen molar-refractivity contribution in [2.45, 2.75) is 56.1 Å². The number of nitrogens with zero attached hydrogens (tertiary/aromatic N) is 7. The van der Waals surface area contributed by atoms with Gasteiger partial charge >= 0.3 is 0 Å². The Hall–Kier alpha value is -2.84. The summed E-state index contributed by atoms with van der Waals surface area (Å²) in [5.74, 6) is -1.58. The maximum Gasteiger partial charge on any atom is 0.242 e. The lowest BCUT2D eigenvalue weighted by Crippen LogP contribution is -2.33. The van der Waals surface area contributed by atoms with Crippen molar-refractivity contribution in [3.8, 4) is 11.6 Å². The molecule has 4 rings (SSSR count). The van der Waals surface area contributed by atoms with Gasteiger partial charge in [-0.2, -0.15) is 4.98 Å². The Labute approximate surface area is 217 Å². The van der Waals surface area contributed by atoms with Gasteiger partial charge in [0.15, 0.2) is 21.5 Å². The van der Waals surface area contributed by atoms with Crippen molar-refractivity contribution in [2.24, 2.45) is 5.92 Å². The number of aryl methyl sites for hydroxylation is 1. The number of alkyl halides is 2. The first-order valence-electron chi connectivity index (χ1n) is 11.4. The number of rotatable bonds is 10. The Morgan fingerprint density at radius 1 is 1.14 bits per heavy atom. The lowest BCUT2D eigenvalue weighted by Gasteiger charge is -2.35. The minimum Gasteiger partial charge on any atom is -0.479 e. The van der Waals surface area contributed by atoms with Crippen LogP contribution >= 0.6 is 11.6 Å². The molecule has 0 N–H and O–H groups in total. The quantitative estimate of drug-likeness (QED) is 0.365. The van der Waals surface area contributed by atoms with Crippen LogP contribution in [0.3, 0.4) is 0 Å². The maximum absolute atomic E-state index is 13.6. The average Bonchev–Trinajstić information content (AvgIpc) is 3.20. The zero-order valence-electron chi connectivity index (χ0n) is 20.5. The van der Waals surface area contributed by atoms with E-state index < -0.39 is 45.2 Å². The third kappa shape index (κ3) is 5.27. The summed E-state index contributed by atoms with van der Waals surface area (Å²) < 4.78 is 66.7. The molecule has 4 atom stereocenters. The summed E-state index contributed by atoms with van der Waals surface area (Å²) in [6.07, 6.45) is 1.24. The molecular formula is C22H26ClF2N7O4S. The Kier molecular flexibility index (Phi) is 7.99. The summed E-state index contributed by atoms with van der Waals surface area (Å²) in [6, 6.07) is 0. The second-order valence-electron chi connectivity index (χ2n) is 8.74. The van der Waals surface area contributed by atoms with Crippen LogP contribution in [0.15, 0.2) is 18.7 Å². The fraction of sp³-hybridized carbons (Fsp3) is 0.545. The minimum atomic E-state index is -3.97. The van der Waals surface area contributed by atoms with E-state index in [0.29, 0.717) is 29.2 Å². The molecule has 0 saturated heterocycles. The fourth-order valence-electron chi connectivity index (χ4n) is 4.38. The molecule has 1 aliphatic carbocycles. The van der Waals surface area contributed by atoms with Crippen LogP contribution < -0.4 is 4.74 Å². The normalized spacial score (nSPS) is 19.5. The van der Waals surface area contributed by atoms with Crippen molar-refractivity contribution in [3.63, 3.8) is 0 Å². The summed E-state index contributed by atoms with van der Waals surface area (Å²) in [5, 5.41) is 7.50. The van der Waals surface area contributed by atoms with E-state index in [-0.39, 0.29) is 23.4 Å². The summed E-state index contributed by atoms with van der Waals surface area (Å²) in [5.41, 5.74) is 0.740. The summed E-state index contributed by atoms with van der Waals surface area (Å²) in [7, 11) is -1.22. The Balaban J connectivity index is 1.77. The molecule has 3 aromatic rings. The molecule has 1 saturated carbocycles. The van der Waals surface area contributed by atoms with Gasteiger partial charge in [0.25, 0.3) is 0 Å². The molecule has 15 heteroatoms. The van der Waals surface area contributed by atoms with Crippen molar-refractivity contribution in [3.05, 3.63) is 46.9 Å². The highest BCUT2D eigenvalue weighted by Gasteiger charge is 2.43. The van der Waals surface area contributed by atoms with E-state index in [0.717, 1.165) is 0 Å². The van der Waals surface area contributed by atoms with E-state index in [9.17, 15) is 17.2 Å². The van der Waals surface area contributed by atoms with Gasteiger partial charge in [0, 0.05) is 31.3 Å². The van der Waals surface area contributed by atoms with Crippen molar-refractivity contribution in [2.75, 3.05) is 14.2 Å². The van der Waals surface area contributed by atoms with Crippen molar-refractivity contribution < 1.29 is 26.7 Å². The largest absolute Gasteiger partial charge is 0.479 e. The highest BCUT2D eigenvalue weighted by molar-refractivity contribution is 7.91. The highest BCUT2D eigenvalue weighted by Crippen LogP contribution is 2.46. The second kappa shape index (κ2) is 10.9. The van der Waals surface area contributed by atoms with Gasteiger partial charge in [-0.05, 0) is 26.7 Å². The van der Waals surface area contributed by atoms with Gasteiger partial charge in [-0.1, -0.05) is 11.6 Å². The highest BCUT2D eigenvalue weighted by atomic mass is 35.5. The monoisotopic (exact) mass is 557 g/mol. The van der Waals surface area contributed by atoms with Gasteiger partial charge in [-0.25, -0.2) is 32.2 Å². The number of aromatic nitrogens is 7. The average molecular weight is 558 g/mol. The smallest absolute Gasteiger partial charge is 0.242 e. The molecule has 0 spiro atoms. The van der Waals surface area contributed by atoms with Gasteiger partial charge in [0.05, 0.1) is 23.1 Å². The number of methoxy groups -OCH3 is 2. The molecule has 0 aliphatic heterocycles. The number of hydrogen-bond donors (Lipinski definition) is 0. The van der Waals surface area contributed by atoms with E-state index in [1.165, 1.54) is 44.4 Å². The van der Waals surface area contributed by atoms with Crippen molar-refractivity contribution >= 4 is 21.4 Å². The first-order chi connectivity index (χ1) is 17.6. The standard InChI is InChI=1S/C22H26ClF2N7O4S/c1-11-17(22(36-4)29-10-28-11)32-16(30-31-21(32)15-6-5-14(15)19(24)25)9-37(33,34)12(2)18(35-3)20-26-7-13(23)8-27-20/h7-8,10,12,14-15,18-19H,5-6,9H2,1-4H3/t12-,14+,15-,18-/m0/s1. The molecule has 1 aliphatic rings. The van der Waals surface area contributed by atoms with E-state index >= 15 is 0 Å². The Morgan fingerprint density at radius 2 is 1.84 bits per heavy atom. The van der Waals surface area contributed by atoms with Gasteiger partial charge in [0.2, 0.25) is 12.3 Å². The molecule has 0 aromatic carbocycles. The Bertz CT molecular complexity index is 1360. The fourth-order valence-corrected chi connectivity index (χ4v) is 5.90. The van der Waals surface area contributed by atoms with Crippen LogP contribution in [-0.2, 0) is 20.3 Å². The molecule has 200 valence electrons. The van der Waals surface area contributed by atoms with Crippen LogP contribution in [0, 0.1) is 12.8 Å². The van der Waals surface area contributed by atoms with Crippen molar-refractivity contribution in [1.82, 2.24) is 34.7 Å². The lowest BCUT2D eigenvalue weighted by atomic mass is 9.73. The molecule has 3 aromatic heterocycles. The summed E-state index contributed by atoms with van der Waals surface area (Å²) >= 11 is 5.85. The third-order valence-corrected chi connectivity index (χ3v) is 8.83. The zero-order valence-corrected chi connectivity index (χ0v) is 22.1. The number of hydrogen-bond acceptors (Lipinski definition) is 10. The molecule has 37 heavy (non-hydrogen) atoms. The minimum absolute atomic E-state index is 0.0184. The topological polar surface area (TPSA) is 135 Å². The number of sulfone groups is 1. The van der Waals surface area contributed by atoms with Crippen LogP contribution in [-0.4, -0.2) is 69.0 Å². The SMILES string of the molecule is COc1ncnc(C)c1-n1c(CS(=O)(=O)[C@@H](C)[C@H](OC)c2ncc(Cl)cn2)nnc1[C@H]1CC[C@H]1C(F)F. The predicted molar refractivity (Wildman–Crippen MR) is 129 cm³/mol. The van der Waals surface area contributed by atoms with Crippen LogP contribution in [0.4, 0.5) is 8.78 Å². The van der Waals surface area contributed by atoms with E-state index in [1.807, 2.05) is 0 Å². The molecule has 0 bridgehead atoms. The lowest BCUT2D eigenvalue weighted by molar-refractivity contribution is 0.0138. The number of halogens is 3. The first-order valence-corrected chi connectivity index (χ1v) is 13.5. The van der Waals surface area contributed by atoms with E-state index in [4.69, 9.17) is 21.1 Å².